The Morgan fingerprint density at radius 3 is 2.60 bits per heavy atom. The van der Waals surface area contributed by atoms with Crippen molar-refractivity contribution in [1.82, 2.24) is 8.96 Å². The molecule has 102 valence electrons. The molecule has 0 bridgehead atoms. The Balaban J connectivity index is 2.24. The highest BCUT2D eigenvalue weighted by atomic mass is 32.2. The summed E-state index contributed by atoms with van der Waals surface area (Å²) in [6.45, 7) is 0. The Labute approximate surface area is 115 Å². The quantitative estimate of drug-likeness (QED) is 0.564. The summed E-state index contributed by atoms with van der Waals surface area (Å²) in [4.78, 5) is 4.28. The molecule has 1 aromatic carbocycles. The van der Waals surface area contributed by atoms with Gasteiger partial charge in [-0.2, -0.15) is 0 Å². The first-order valence-corrected chi connectivity index (χ1v) is 7.31. The van der Waals surface area contributed by atoms with Crippen molar-refractivity contribution in [3.63, 3.8) is 0 Å². The summed E-state index contributed by atoms with van der Waals surface area (Å²) in [5, 5.41) is 0.725. The van der Waals surface area contributed by atoms with E-state index in [4.69, 9.17) is 5.84 Å². The van der Waals surface area contributed by atoms with Crippen LogP contribution in [0.1, 0.15) is 0 Å². The van der Waals surface area contributed by atoms with E-state index in [1.54, 1.807) is 48.7 Å². The maximum atomic E-state index is 12.6. The summed E-state index contributed by atoms with van der Waals surface area (Å²) in [6.07, 6.45) is 3.08. The van der Waals surface area contributed by atoms with E-state index in [1.165, 1.54) is 10.2 Å². The number of nitrogen functional groups attached to an aromatic ring is 1. The summed E-state index contributed by atoms with van der Waals surface area (Å²) in [7, 11) is -3.63. The number of nitrogens with one attached hydrogen (secondary N) is 1. The van der Waals surface area contributed by atoms with Gasteiger partial charge in [-0.1, -0.05) is 18.2 Å². The zero-order chi connectivity index (χ0) is 14.2. The van der Waals surface area contributed by atoms with Crippen molar-refractivity contribution >= 4 is 26.7 Å². The van der Waals surface area contributed by atoms with Crippen molar-refractivity contribution in [1.29, 1.82) is 0 Å². The van der Waals surface area contributed by atoms with Gasteiger partial charge in [0.05, 0.1) is 10.4 Å². The number of nitrogens with zero attached hydrogens (tertiary/aromatic N) is 2. The van der Waals surface area contributed by atoms with Crippen LogP contribution < -0.4 is 11.3 Å². The van der Waals surface area contributed by atoms with Crippen LogP contribution in [0.25, 0.3) is 10.9 Å². The molecule has 0 fully saturated rings. The van der Waals surface area contributed by atoms with E-state index in [2.05, 4.69) is 10.4 Å². The summed E-state index contributed by atoms with van der Waals surface area (Å²) < 4.78 is 26.4. The van der Waals surface area contributed by atoms with Crippen LogP contribution in [0, 0.1) is 0 Å². The highest BCUT2D eigenvalue weighted by molar-refractivity contribution is 7.90. The van der Waals surface area contributed by atoms with Crippen molar-refractivity contribution in [3.05, 3.63) is 54.9 Å². The second-order valence-corrected chi connectivity index (χ2v) is 6.02. The topological polar surface area (TPSA) is 90.0 Å². The minimum absolute atomic E-state index is 0.233. The minimum atomic E-state index is -3.63. The number of fused-ring (bicyclic) bond motifs is 1. The SMILES string of the molecule is NNc1cc2c(ccn2S(=O)(=O)c2ccccc2)cn1. The lowest BCUT2D eigenvalue weighted by molar-refractivity contribution is 0.589. The van der Waals surface area contributed by atoms with Crippen LogP contribution in [0.2, 0.25) is 0 Å². The van der Waals surface area contributed by atoms with Crippen LogP contribution >= 0.6 is 0 Å². The van der Waals surface area contributed by atoms with Crippen LogP contribution in [0.3, 0.4) is 0 Å². The minimum Gasteiger partial charge on any atom is -0.308 e. The number of aromatic nitrogens is 2. The summed E-state index contributed by atoms with van der Waals surface area (Å²) >= 11 is 0. The second kappa shape index (κ2) is 4.62. The van der Waals surface area contributed by atoms with E-state index in [-0.39, 0.29) is 4.90 Å². The summed E-state index contributed by atoms with van der Waals surface area (Å²) in [5.41, 5.74) is 2.93. The van der Waals surface area contributed by atoms with E-state index < -0.39 is 10.0 Å². The number of hydrogen-bond donors (Lipinski definition) is 2. The van der Waals surface area contributed by atoms with E-state index in [0.717, 1.165) is 5.39 Å². The number of nitrogens with two attached hydrogens (primary N) is 1. The standard InChI is InChI=1S/C13H12N4O2S/c14-16-13-8-12-10(9-15-13)6-7-17(12)20(18,19)11-4-2-1-3-5-11/h1-9H,14H2,(H,15,16). The Morgan fingerprint density at radius 2 is 1.90 bits per heavy atom. The van der Waals surface area contributed by atoms with Gasteiger partial charge in [-0.05, 0) is 18.2 Å². The van der Waals surface area contributed by atoms with Gasteiger partial charge in [0, 0.05) is 23.8 Å². The summed E-state index contributed by atoms with van der Waals surface area (Å²) in [6, 6.07) is 11.6. The van der Waals surface area contributed by atoms with Gasteiger partial charge in [-0.25, -0.2) is 23.2 Å². The van der Waals surface area contributed by atoms with Gasteiger partial charge >= 0.3 is 0 Å². The molecule has 2 aromatic heterocycles. The number of hydrazine groups is 1. The molecule has 0 aliphatic carbocycles. The highest BCUT2D eigenvalue weighted by Gasteiger charge is 2.18. The van der Waals surface area contributed by atoms with E-state index in [1.807, 2.05) is 0 Å². The molecular weight excluding hydrogens is 276 g/mol. The van der Waals surface area contributed by atoms with Gasteiger partial charge in [-0.3, -0.25) is 0 Å². The Bertz CT molecular complexity index is 856. The molecule has 20 heavy (non-hydrogen) atoms. The lowest BCUT2D eigenvalue weighted by Crippen LogP contribution is -2.12. The largest absolute Gasteiger partial charge is 0.308 e. The van der Waals surface area contributed by atoms with Gasteiger partial charge < -0.3 is 5.43 Å². The molecular formula is C13H12N4O2S. The Morgan fingerprint density at radius 1 is 1.15 bits per heavy atom. The van der Waals surface area contributed by atoms with Gasteiger partial charge in [-0.15, -0.1) is 0 Å². The van der Waals surface area contributed by atoms with Crippen molar-refractivity contribution in [2.75, 3.05) is 5.43 Å². The second-order valence-electron chi connectivity index (χ2n) is 4.20. The fourth-order valence-corrected chi connectivity index (χ4v) is 3.36. The molecule has 6 nitrogen and oxygen atoms in total. The molecule has 0 radical (unpaired) electrons. The zero-order valence-corrected chi connectivity index (χ0v) is 11.2. The third kappa shape index (κ3) is 1.93. The lowest BCUT2D eigenvalue weighted by Gasteiger charge is -2.08. The van der Waals surface area contributed by atoms with Crippen molar-refractivity contribution in [3.8, 4) is 0 Å². The average Bonchev–Trinajstić information content (AvgIpc) is 2.91. The lowest BCUT2D eigenvalue weighted by atomic mass is 10.3. The molecule has 0 atom stereocenters. The van der Waals surface area contributed by atoms with Crippen LogP contribution in [0.5, 0.6) is 0 Å². The molecule has 2 heterocycles. The number of rotatable bonds is 3. The van der Waals surface area contributed by atoms with Crippen LogP contribution in [0.4, 0.5) is 5.82 Å². The Hall–Kier alpha value is -2.38. The third-order valence-corrected chi connectivity index (χ3v) is 4.69. The van der Waals surface area contributed by atoms with Crippen LogP contribution in [-0.4, -0.2) is 17.4 Å². The third-order valence-electron chi connectivity index (χ3n) is 2.99. The molecule has 3 rings (SSSR count). The molecule has 0 amide bonds. The smallest absolute Gasteiger partial charge is 0.268 e. The monoisotopic (exact) mass is 288 g/mol. The Kier molecular flexibility index (Phi) is 2.92. The van der Waals surface area contributed by atoms with E-state index >= 15 is 0 Å². The van der Waals surface area contributed by atoms with Gasteiger partial charge in [0.25, 0.3) is 10.0 Å². The van der Waals surface area contributed by atoms with E-state index in [0.29, 0.717) is 11.3 Å². The fourth-order valence-electron chi connectivity index (χ4n) is 2.00. The normalized spacial score (nSPS) is 11.7. The summed E-state index contributed by atoms with van der Waals surface area (Å²) in [5.74, 6) is 5.71. The molecule has 7 heteroatoms. The number of pyridine rings is 1. The van der Waals surface area contributed by atoms with Crippen LogP contribution in [0.15, 0.2) is 59.8 Å². The molecule has 3 aromatic rings. The van der Waals surface area contributed by atoms with E-state index in [9.17, 15) is 8.42 Å². The van der Waals surface area contributed by atoms with Gasteiger partial charge in [0.15, 0.2) is 0 Å². The maximum absolute atomic E-state index is 12.6. The first-order valence-electron chi connectivity index (χ1n) is 5.87. The van der Waals surface area contributed by atoms with Crippen molar-refractivity contribution in [2.24, 2.45) is 5.84 Å². The fraction of sp³-hybridized carbons (Fsp3) is 0. The average molecular weight is 288 g/mol. The van der Waals surface area contributed by atoms with Crippen LogP contribution in [-0.2, 0) is 10.0 Å². The maximum Gasteiger partial charge on any atom is 0.268 e. The molecule has 0 saturated heterocycles. The first kappa shape index (κ1) is 12.6. The van der Waals surface area contributed by atoms with Gasteiger partial charge in [0.2, 0.25) is 0 Å². The highest BCUT2D eigenvalue weighted by Crippen LogP contribution is 2.23. The molecule has 0 aliphatic rings. The van der Waals surface area contributed by atoms with Crippen molar-refractivity contribution < 1.29 is 8.42 Å². The molecule has 0 spiro atoms. The zero-order valence-electron chi connectivity index (χ0n) is 10.4. The number of benzene rings is 1. The van der Waals surface area contributed by atoms with Crippen molar-refractivity contribution in [2.45, 2.75) is 4.90 Å². The van der Waals surface area contributed by atoms with Gasteiger partial charge in [0.1, 0.15) is 5.82 Å². The predicted octanol–water partition coefficient (Wildman–Crippen LogP) is 1.56. The number of anilines is 1. The molecule has 0 unspecified atom stereocenters. The molecule has 0 aliphatic heterocycles. The first-order chi connectivity index (χ1) is 9.63. The predicted molar refractivity (Wildman–Crippen MR) is 76.6 cm³/mol. The molecule has 3 N–H and O–H groups in total. The number of hydrogen-bond acceptors (Lipinski definition) is 5. The molecule has 0 saturated carbocycles.